The number of urea groups is 1. The van der Waals surface area contributed by atoms with Crippen molar-refractivity contribution < 1.29 is 43.0 Å². The van der Waals surface area contributed by atoms with Gasteiger partial charge in [-0.15, -0.1) is 0 Å². The summed E-state index contributed by atoms with van der Waals surface area (Å²) in [4.78, 5) is 93.4. The van der Waals surface area contributed by atoms with E-state index in [0.717, 1.165) is 10.5 Å². The van der Waals surface area contributed by atoms with Gasteiger partial charge in [0.25, 0.3) is 11.8 Å². The zero-order valence-electron chi connectivity index (χ0n) is 27.3. The summed E-state index contributed by atoms with van der Waals surface area (Å²) in [6.45, 7) is 12.7. The van der Waals surface area contributed by atoms with Crippen molar-refractivity contribution >= 4 is 41.6 Å². The minimum atomic E-state index is -1.39. The number of carbonyl (C=O) groups excluding carboxylic acids is 7. The largest absolute Gasteiger partial charge is 0.460 e. The predicted molar refractivity (Wildman–Crippen MR) is 167 cm³/mol. The molecule has 1 heterocycles. The lowest BCUT2D eigenvalue weighted by molar-refractivity contribution is -0.145. The molecule has 3 atom stereocenters. The average molecular weight is 644 g/mol. The molecule has 0 spiro atoms. The number of benzene rings is 1. The maximum Gasteiger partial charge on any atom is 0.408 e. The molecule has 0 bridgehead atoms. The van der Waals surface area contributed by atoms with Gasteiger partial charge in [0.1, 0.15) is 30.8 Å². The molecule has 46 heavy (non-hydrogen) atoms. The van der Waals surface area contributed by atoms with E-state index in [1.165, 1.54) is 11.0 Å². The Morgan fingerprint density at radius 2 is 1.72 bits per heavy atom. The van der Waals surface area contributed by atoms with Gasteiger partial charge in [0, 0.05) is 6.54 Å². The van der Waals surface area contributed by atoms with Crippen LogP contribution in [-0.4, -0.2) is 94.8 Å². The third-order valence-corrected chi connectivity index (χ3v) is 6.73. The minimum Gasteiger partial charge on any atom is -0.460 e. The molecule has 1 fully saturated rings. The minimum absolute atomic E-state index is 0.0655. The molecule has 0 aliphatic carbocycles. The Labute approximate surface area is 269 Å². The number of hydrogen-bond acceptors (Lipinski definition) is 9. The fourth-order valence-corrected chi connectivity index (χ4v) is 4.56. The summed E-state index contributed by atoms with van der Waals surface area (Å²) >= 11 is 0. The van der Waals surface area contributed by atoms with E-state index in [4.69, 9.17) is 9.47 Å². The van der Waals surface area contributed by atoms with Gasteiger partial charge in [-0.2, -0.15) is 0 Å². The van der Waals surface area contributed by atoms with E-state index in [0.29, 0.717) is 6.42 Å². The zero-order valence-corrected chi connectivity index (χ0v) is 27.3. The van der Waals surface area contributed by atoms with Gasteiger partial charge in [0.15, 0.2) is 0 Å². The lowest BCUT2D eigenvalue weighted by Gasteiger charge is -2.30. The van der Waals surface area contributed by atoms with Crippen molar-refractivity contribution in [2.24, 2.45) is 5.92 Å². The molecular formula is C32H45N5O9. The number of nitrogens with one attached hydrogen (secondary N) is 3. The molecule has 14 nitrogen and oxygen atoms in total. The fraction of sp³-hybridized carbons (Fsp3) is 0.531. The predicted octanol–water partition coefficient (Wildman–Crippen LogP) is 2.07. The number of Topliss-reactive ketones (excluding diaryl/α,β-unsaturated/α-hetero) is 1. The van der Waals surface area contributed by atoms with Gasteiger partial charge < -0.3 is 30.3 Å². The van der Waals surface area contributed by atoms with Crippen molar-refractivity contribution in [2.45, 2.75) is 84.7 Å². The third-order valence-electron chi connectivity index (χ3n) is 6.73. The normalized spacial score (nSPS) is 15.9. The molecule has 1 aromatic rings. The number of carbonyl (C=O) groups is 7. The van der Waals surface area contributed by atoms with Crippen LogP contribution >= 0.6 is 0 Å². The van der Waals surface area contributed by atoms with Crippen LogP contribution < -0.4 is 16.0 Å². The summed E-state index contributed by atoms with van der Waals surface area (Å²) in [5.74, 6) is -5.10. The molecule has 0 aromatic heterocycles. The topological polar surface area (TPSA) is 181 Å². The van der Waals surface area contributed by atoms with Crippen molar-refractivity contribution in [2.75, 3.05) is 19.7 Å². The van der Waals surface area contributed by atoms with Crippen LogP contribution in [0.15, 0.2) is 43.0 Å². The second-order valence-electron chi connectivity index (χ2n) is 12.1. The van der Waals surface area contributed by atoms with E-state index < -0.39 is 77.8 Å². The molecule has 3 unspecified atom stereocenters. The van der Waals surface area contributed by atoms with Crippen LogP contribution in [0.1, 0.15) is 59.9 Å². The first-order chi connectivity index (χ1) is 21.6. The molecule has 0 radical (unpaired) electrons. The van der Waals surface area contributed by atoms with E-state index in [1.54, 1.807) is 65.8 Å². The molecular weight excluding hydrogens is 598 g/mol. The van der Waals surface area contributed by atoms with Gasteiger partial charge in [-0.05, 0) is 38.7 Å². The Bertz CT molecular complexity index is 1290. The van der Waals surface area contributed by atoms with E-state index in [-0.39, 0.29) is 26.1 Å². The highest BCUT2D eigenvalue weighted by Gasteiger charge is 2.48. The van der Waals surface area contributed by atoms with Crippen molar-refractivity contribution in [3.63, 3.8) is 0 Å². The number of ether oxygens (including phenoxy) is 2. The highest BCUT2D eigenvalue weighted by atomic mass is 16.6. The SMILES string of the molecule is C=CCOC(=O)CNC(=O)C(=O)C(CCC)NC(=O)C1CN(Cc2ccccc2)C(=O)N1C(=O)C(NC(=O)OC(C)(C)C)C(C)C. The fourth-order valence-electron chi connectivity index (χ4n) is 4.56. The maximum absolute atomic E-state index is 13.9. The Hall–Kier alpha value is -4.75. The van der Waals surface area contributed by atoms with E-state index in [1.807, 2.05) is 6.07 Å². The number of amides is 6. The first-order valence-electron chi connectivity index (χ1n) is 15.1. The quantitative estimate of drug-likeness (QED) is 0.146. The number of alkyl carbamates (subject to hydrolysis) is 1. The van der Waals surface area contributed by atoms with Gasteiger partial charge >= 0.3 is 18.1 Å². The number of ketones is 1. The van der Waals surface area contributed by atoms with Crippen molar-refractivity contribution in [1.82, 2.24) is 25.8 Å². The summed E-state index contributed by atoms with van der Waals surface area (Å²) in [6.07, 6.45) is 0.932. The highest BCUT2D eigenvalue weighted by Crippen LogP contribution is 2.23. The molecule has 1 aliphatic heterocycles. The highest BCUT2D eigenvalue weighted by molar-refractivity contribution is 6.38. The molecule has 1 saturated heterocycles. The first-order valence-corrected chi connectivity index (χ1v) is 15.1. The van der Waals surface area contributed by atoms with E-state index in [9.17, 15) is 33.6 Å². The van der Waals surface area contributed by atoms with Gasteiger partial charge in [0.2, 0.25) is 11.7 Å². The van der Waals surface area contributed by atoms with E-state index in [2.05, 4.69) is 22.5 Å². The van der Waals surface area contributed by atoms with Crippen LogP contribution in [-0.2, 0) is 40.0 Å². The van der Waals surface area contributed by atoms with Gasteiger partial charge in [0.05, 0.1) is 12.6 Å². The Balaban J connectivity index is 2.34. The smallest absolute Gasteiger partial charge is 0.408 e. The zero-order chi connectivity index (χ0) is 34.6. The molecule has 0 saturated carbocycles. The van der Waals surface area contributed by atoms with Crippen LogP contribution in [0.2, 0.25) is 0 Å². The third kappa shape index (κ3) is 11.0. The molecule has 1 aliphatic rings. The van der Waals surface area contributed by atoms with Gasteiger partial charge in [-0.25, -0.2) is 14.5 Å². The van der Waals surface area contributed by atoms with E-state index >= 15 is 0 Å². The van der Waals surface area contributed by atoms with Crippen LogP contribution in [0.5, 0.6) is 0 Å². The standard InChI is InChI=1S/C32H45N5O9/c1-8-13-22(26(39)28(41)33-17-24(38)45-16-9-2)34-27(40)23-19-36(18-21-14-11-10-12-15-21)31(44)37(23)29(42)25(20(3)4)35-30(43)46-32(5,6)7/h9-12,14-15,20,22-23,25H,2,8,13,16-19H2,1,3-7H3,(H,33,41)(H,34,40)(H,35,43). The Kier molecular flexibility index (Phi) is 13.9. The molecule has 2 rings (SSSR count). The lowest BCUT2D eigenvalue weighted by Crippen LogP contribution is -2.59. The van der Waals surface area contributed by atoms with Crippen LogP contribution in [0.3, 0.4) is 0 Å². The number of hydrogen-bond donors (Lipinski definition) is 3. The van der Waals surface area contributed by atoms with Crippen LogP contribution in [0.4, 0.5) is 9.59 Å². The summed E-state index contributed by atoms with van der Waals surface area (Å²) in [7, 11) is 0. The number of imide groups is 1. The second-order valence-corrected chi connectivity index (χ2v) is 12.1. The van der Waals surface area contributed by atoms with Crippen LogP contribution in [0, 0.1) is 5.92 Å². The van der Waals surface area contributed by atoms with Crippen LogP contribution in [0.25, 0.3) is 0 Å². The lowest BCUT2D eigenvalue weighted by atomic mass is 10.0. The molecule has 252 valence electrons. The summed E-state index contributed by atoms with van der Waals surface area (Å²) < 4.78 is 10.1. The monoisotopic (exact) mass is 643 g/mol. The molecule has 6 amide bonds. The van der Waals surface area contributed by atoms with Crippen molar-refractivity contribution in [1.29, 1.82) is 0 Å². The summed E-state index contributed by atoms with van der Waals surface area (Å²) in [5, 5.41) is 7.22. The maximum atomic E-state index is 13.9. The molecule has 3 N–H and O–H groups in total. The molecule has 1 aromatic carbocycles. The number of rotatable bonds is 15. The van der Waals surface area contributed by atoms with Crippen molar-refractivity contribution in [3.8, 4) is 0 Å². The van der Waals surface area contributed by atoms with Gasteiger partial charge in [-0.1, -0.05) is 70.2 Å². The Morgan fingerprint density at radius 3 is 2.28 bits per heavy atom. The average Bonchev–Trinajstić information content (AvgIpc) is 3.31. The Morgan fingerprint density at radius 1 is 1.07 bits per heavy atom. The van der Waals surface area contributed by atoms with Gasteiger partial charge in [-0.3, -0.25) is 24.0 Å². The molecule has 14 heteroatoms. The summed E-state index contributed by atoms with van der Waals surface area (Å²) in [5.41, 5.74) is -0.106. The first kappa shape index (κ1) is 37.4. The number of esters is 1. The second kappa shape index (κ2) is 17.1. The van der Waals surface area contributed by atoms with Crippen molar-refractivity contribution in [3.05, 3.63) is 48.6 Å². The summed E-state index contributed by atoms with van der Waals surface area (Å²) in [6, 6.07) is 4.26. The number of nitrogens with zero attached hydrogens (tertiary/aromatic N) is 2.